The summed E-state index contributed by atoms with van der Waals surface area (Å²) in [6, 6.07) is 4.56. The number of hydrogen-bond acceptors (Lipinski definition) is 0. The predicted molar refractivity (Wildman–Crippen MR) is 103 cm³/mol. The van der Waals surface area contributed by atoms with Crippen molar-refractivity contribution in [2.45, 2.75) is 57.8 Å². The van der Waals surface area contributed by atoms with Crippen molar-refractivity contribution in [3.63, 3.8) is 0 Å². The fraction of sp³-hybridized carbons (Fsp3) is 0.647. The lowest BCUT2D eigenvalue weighted by atomic mass is 10.0. The second kappa shape index (κ2) is 12.2. The molecule has 0 fully saturated rings. The topological polar surface area (TPSA) is 0 Å². The maximum absolute atomic E-state index is 5.72. The second-order valence-electron chi connectivity index (χ2n) is 5.39. The molecule has 0 heterocycles. The number of halogens is 4. The van der Waals surface area contributed by atoms with E-state index in [1.165, 1.54) is 52.2 Å². The van der Waals surface area contributed by atoms with Crippen LogP contribution in [-0.2, 0) is 12.8 Å². The summed E-state index contributed by atoms with van der Waals surface area (Å²) in [6.07, 6.45) is 10.6. The first kappa shape index (κ1) is 19.8. The zero-order valence-electron chi connectivity index (χ0n) is 12.4. The third-order valence-electron chi connectivity index (χ3n) is 3.62. The van der Waals surface area contributed by atoms with Crippen molar-refractivity contribution in [2.75, 3.05) is 11.8 Å². The molecule has 21 heavy (non-hydrogen) atoms. The van der Waals surface area contributed by atoms with E-state index in [2.05, 4.69) is 44.0 Å². The average molecular weight is 459 g/mol. The number of aryl methyl sites for hydroxylation is 2. The number of benzene rings is 1. The summed E-state index contributed by atoms with van der Waals surface area (Å²) in [5, 5.41) is 0. The van der Waals surface area contributed by atoms with Crippen LogP contribution in [0, 0.1) is 0 Å². The average Bonchev–Trinajstić information content (AvgIpc) is 2.47. The van der Waals surface area contributed by atoms with E-state index >= 15 is 0 Å². The first-order valence-corrected chi connectivity index (χ1v) is 10.4. The largest absolute Gasteiger partial charge is 0.127 e. The summed E-state index contributed by atoms with van der Waals surface area (Å²) in [6.45, 7) is 0. The van der Waals surface area contributed by atoms with Gasteiger partial charge >= 0.3 is 0 Å². The molecule has 0 atom stereocenters. The van der Waals surface area contributed by atoms with Gasteiger partial charge in [0.15, 0.2) is 0 Å². The smallest absolute Gasteiger partial charge is 0.0223 e. The second-order valence-corrected chi connectivity index (χ2v) is 7.85. The van der Waals surface area contributed by atoms with Gasteiger partial charge in [0.2, 0.25) is 0 Å². The van der Waals surface area contributed by atoms with Crippen LogP contribution < -0.4 is 0 Å². The molecule has 120 valence electrons. The van der Waals surface area contributed by atoms with Gasteiger partial charge in [-0.05, 0) is 61.8 Å². The van der Waals surface area contributed by atoms with E-state index in [1.54, 1.807) is 0 Å². The highest BCUT2D eigenvalue weighted by Gasteiger charge is 2.07. The Bertz CT molecular complexity index is 408. The van der Waals surface area contributed by atoms with Crippen LogP contribution in [0.25, 0.3) is 0 Å². The van der Waals surface area contributed by atoms with Gasteiger partial charge in [-0.15, -0.1) is 23.2 Å². The van der Waals surface area contributed by atoms with E-state index in [0.717, 1.165) is 37.4 Å². The number of unbranched alkanes of at least 4 members (excludes halogenated alkanes) is 5. The van der Waals surface area contributed by atoms with E-state index in [0.29, 0.717) is 0 Å². The lowest BCUT2D eigenvalue weighted by Gasteiger charge is -2.10. The maximum Gasteiger partial charge on any atom is 0.0223 e. The quantitative estimate of drug-likeness (QED) is 0.238. The molecule has 0 amide bonds. The van der Waals surface area contributed by atoms with Crippen molar-refractivity contribution in [1.82, 2.24) is 0 Å². The first-order valence-electron chi connectivity index (χ1n) is 7.77. The van der Waals surface area contributed by atoms with Crippen molar-refractivity contribution in [2.24, 2.45) is 0 Å². The van der Waals surface area contributed by atoms with E-state index < -0.39 is 0 Å². The summed E-state index contributed by atoms with van der Waals surface area (Å²) in [5.41, 5.74) is 2.79. The van der Waals surface area contributed by atoms with Crippen LogP contribution in [0.3, 0.4) is 0 Å². The van der Waals surface area contributed by atoms with E-state index in [1.807, 2.05) is 0 Å². The molecule has 0 aliphatic carbocycles. The molecule has 0 aliphatic heterocycles. The highest BCUT2D eigenvalue weighted by atomic mass is 79.9. The normalized spacial score (nSPS) is 11.0. The van der Waals surface area contributed by atoms with Crippen molar-refractivity contribution in [3.8, 4) is 0 Å². The molecule has 0 nitrogen and oxygen atoms in total. The van der Waals surface area contributed by atoms with Gasteiger partial charge in [0.05, 0.1) is 0 Å². The molecular weight excluding hydrogens is 435 g/mol. The van der Waals surface area contributed by atoms with Crippen molar-refractivity contribution >= 4 is 55.1 Å². The van der Waals surface area contributed by atoms with Crippen LogP contribution >= 0.6 is 55.1 Å². The van der Waals surface area contributed by atoms with Crippen molar-refractivity contribution < 1.29 is 0 Å². The van der Waals surface area contributed by atoms with Crippen LogP contribution in [-0.4, -0.2) is 11.8 Å². The van der Waals surface area contributed by atoms with Crippen LogP contribution in [0.4, 0.5) is 0 Å². The molecule has 0 bridgehead atoms. The van der Waals surface area contributed by atoms with Gasteiger partial charge in [-0.3, -0.25) is 0 Å². The van der Waals surface area contributed by atoms with Crippen molar-refractivity contribution in [3.05, 3.63) is 32.2 Å². The van der Waals surface area contributed by atoms with Gasteiger partial charge in [-0.2, -0.15) is 0 Å². The Morgan fingerprint density at radius 2 is 1.00 bits per heavy atom. The predicted octanol–water partition coefficient (Wildman–Crippen LogP) is 7.50. The number of alkyl halides is 2. The summed E-state index contributed by atoms with van der Waals surface area (Å²) < 4.78 is 2.49. The van der Waals surface area contributed by atoms with Crippen LogP contribution in [0.5, 0.6) is 0 Å². The third-order valence-corrected chi connectivity index (χ3v) is 5.64. The third kappa shape index (κ3) is 8.25. The van der Waals surface area contributed by atoms with Gasteiger partial charge in [-0.1, -0.05) is 51.1 Å². The molecule has 0 radical (unpaired) electrons. The van der Waals surface area contributed by atoms with Gasteiger partial charge in [-0.25, -0.2) is 0 Å². The fourth-order valence-electron chi connectivity index (χ4n) is 2.36. The van der Waals surface area contributed by atoms with E-state index in [4.69, 9.17) is 23.2 Å². The van der Waals surface area contributed by atoms with Gasteiger partial charge < -0.3 is 0 Å². The Morgan fingerprint density at radius 3 is 1.43 bits per heavy atom. The Kier molecular flexibility index (Phi) is 11.5. The van der Waals surface area contributed by atoms with Crippen LogP contribution in [0.2, 0.25) is 0 Å². The molecule has 1 rings (SSSR count). The summed E-state index contributed by atoms with van der Waals surface area (Å²) in [7, 11) is 0. The standard InChI is InChI=1S/C17H24Br2Cl2/c18-16-13-15(9-5-3-7-11-21)17(19)12-14(16)8-4-1-2-6-10-20/h12-13H,1-11H2. The van der Waals surface area contributed by atoms with Gasteiger partial charge in [0.1, 0.15) is 0 Å². The zero-order valence-corrected chi connectivity index (χ0v) is 17.1. The molecular formula is C17H24Br2Cl2. The molecule has 0 aliphatic rings. The first-order chi connectivity index (χ1) is 10.2. The summed E-state index contributed by atoms with van der Waals surface area (Å²) >= 11 is 18.9. The molecule has 0 aromatic heterocycles. The van der Waals surface area contributed by atoms with E-state index in [9.17, 15) is 0 Å². The molecule has 1 aromatic rings. The molecule has 0 spiro atoms. The molecule has 0 unspecified atom stereocenters. The Morgan fingerprint density at radius 1 is 0.619 bits per heavy atom. The lowest BCUT2D eigenvalue weighted by molar-refractivity contribution is 0.667. The van der Waals surface area contributed by atoms with Gasteiger partial charge in [0.25, 0.3) is 0 Å². The van der Waals surface area contributed by atoms with Crippen LogP contribution in [0.15, 0.2) is 21.1 Å². The Balaban J connectivity index is 2.46. The Labute approximate surface area is 156 Å². The van der Waals surface area contributed by atoms with E-state index in [-0.39, 0.29) is 0 Å². The minimum Gasteiger partial charge on any atom is -0.127 e. The Hall–Kier alpha value is 0.760. The van der Waals surface area contributed by atoms with Crippen LogP contribution in [0.1, 0.15) is 56.1 Å². The van der Waals surface area contributed by atoms with Crippen molar-refractivity contribution in [1.29, 1.82) is 0 Å². The molecule has 0 N–H and O–H groups in total. The monoisotopic (exact) mass is 456 g/mol. The molecule has 1 aromatic carbocycles. The molecule has 4 heteroatoms. The lowest BCUT2D eigenvalue weighted by Crippen LogP contribution is -1.94. The highest BCUT2D eigenvalue weighted by Crippen LogP contribution is 2.28. The molecule has 0 saturated carbocycles. The van der Waals surface area contributed by atoms with Gasteiger partial charge in [0, 0.05) is 20.7 Å². The summed E-state index contributed by atoms with van der Waals surface area (Å²) in [4.78, 5) is 0. The zero-order chi connectivity index (χ0) is 15.5. The minimum absolute atomic E-state index is 0.771. The SMILES string of the molecule is ClCCCCCCc1cc(Br)c(CCCCCCl)cc1Br. The molecule has 0 saturated heterocycles. The maximum atomic E-state index is 5.72. The number of hydrogen-bond donors (Lipinski definition) is 0. The minimum atomic E-state index is 0.771. The fourth-order valence-corrected chi connectivity index (χ4v) is 3.92. The number of rotatable bonds is 11. The highest BCUT2D eigenvalue weighted by molar-refractivity contribution is 9.11. The summed E-state index contributed by atoms with van der Waals surface area (Å²) in [5.74, 6) is 1.56.